The third kappa shape index (κ3) is 1.40. The van der Waals surface area contributed by atoms with Crippen LogP contribution in [0.4, 0.5) is 0 Å². The van der Waals surface area contributed by atoms with Gasteiger partial charge in [-0.1, -0.05) is 12.1 Å². The highest BCUT2D eigenvalue weighted by Crippen LogP contribution is 2.23. The molecular weight excluding hydrogens is 188 g/mol. The Bertz CT molecular complexity index is 526. The number of rotatable bonds is 1. The molecule has 78 valence electrons. The molecule has 1 heterocycles. The molecule has 2 aromatic rings. The van der Waals surface area contributed by atoms with Crippen molar-refractivity contribution in [2.75, 3.05) is 7.05 Å². The summed E-state index contributed by atoms with van der Waals surface area (Å²) >= 11 is 0. The summed E-state index contributed by atoms with van der Waals surface area (Å²) in [5.74, 6) is -0.0538. The molecule has 0 unspecified atom stereocenters. The van der Waals surface area contributed by atoms with Gasteiger partial charge in [-0.3, -0.25) is 4.79 Å². The second-order valence-corrected chi connectivity index (χ2v) is 3.68. The summed E-state index contributed by atoms with van der Waals surface area (Å²) in [6, 6.07) is 5.77. The fourth-order valence-electron chi connectivity index (χ4n) is 1.81. The molecule has 0 bridgehead atoms. The standard InChI is InChI=1S/C12H14N2O/c1-7-8(2)14-11-9(7)5-4-6-10(11)12(15)13-3/h4-6,14H,1-3H3,(H,13,15). The third-order valence-corrected chi connectivity index (χ3v) is 2.82. The topological polar surface area (TPSA) is 44.9 Å². The summed E-state index contributed by atoms with van der Waals surface area (Å²) < 4.78 is 0. The number of hydrogen-bond donors (Lipinski definition) is 2. The number of benzene rings is 1. The normalized spacial score (nSPS) is 10.6. The molecule has 0 aliphatic heterocycles. The minimum absolute atomic E-state index is 0.0538. The summed E-state index contributed by atoms with van der Waals surface area (Å²) in [6.07, 6.45) is 0. The molecule has 2 N–H and O–H groups in total. The van der Waals surface area contributed by atoms with Crippen molar-refractivity contribution in [3.8, 4) is 0 Å². The summed E-state index contributed by atoms with van der Waals surface area (Å²) in [7, 11) is 1.64. The van der Waals surface area contributed by atoms with E-state index in [9.17, 15) is 4.79 Å². The first-order valence-corrected chi connectivity index (χ1v) is 4.95. The van der Waals surface area contributed by atoms with Gasteiger partial charge in [0.2, 0.25) is 0 Å². The quantitative estimate of drug-likeness (QED) is 0.731. The second kappa shape index (κ2) is 3.42. The van der Waals surface area contributed by atoms with Gasteiger partial charge in [-0.15, -0.1) is 0 Å². The van der Waals surface area contributed by atoms with Gasteiger partial charge in [-0.05, 0) is 25.5 Å². The minimum atomic E-state index is -0.0538. The van der Waals surface area contributed by atoms with E-state index in [4.69, 9.17) is 0 Å². The van der Waals surface area contributed by atoms with Crippen LogP contribution < -0.4 is 5.32 Å². The van der Waals surface area contributed by atoms with Crippen LogP contribution in [0.5, 0.6) is 0 Å². The molecule has 0 aliphatic rings. The highest BCUT2D eigenvalue weighted by Gasteiger charge is 2.11. The molecule has 2 rings (SSSR count). The Kier molecular flexibility index (Phi) is 2.23. The Labute approximate surface area is 88.5 Å². The van der Waals surface area contributed by atoms with E-state index in [1.807, 2.05) is 25.1 Å². The molecule has 1 amide bonds. The molecular formula is C12H14N2O. The van der Waals surface area contributed by atoms with Crippen molar-refractivity contribution in [2.45, 2.75) is 13.8 Å². The van der Waals surface area contributed by atoms with Crippen molar-refractivity contribution < 1.29 is 4.79 Å². The lowest BCUT2D eigenvalue weighted by Gasteiger charge is -2.01. The van der Waals surface area contributed by atoms with Crippen molar-refractivity contribution in [2.24, 2.45) is 0 Å². The number of aromatic amines is 1. The maximum absolute atomic E-state index is 11.6. The van der Waals surface area contributed by atoms with Crippen LogP contribution in [0.25, 0.3) is 10.9 Å². The fraction of sp³-hybridized carbons (Fsp3) is 0.250. The van der Waals surface area contributed by atoms with Crippen LogP contribution in [0.1, 0.15) is 21.6 Å². The Hall–Kier alpha value is -1.77. The largest absolute Gasteiger partial charge is 0.358 e. The smallest absolute Gasteiger partial charge is 0.253 e. The first-order chi connectivity index (χ1) is 7.15. The second-order valence-electron chi connectivity index (χ2n) is 3.68. The predicted molar refractivity (Wildman–Crippen MR) is 61.2 cm³/mol. The summed E-state index contributed by atoms with van der Waals surface area (Å²) in [5.41, 5.74) is 3.94. The van der Waals surface area contributed by atoms with E-state index in [0.717, 1.165) is 16.6 Å². The molecule has 0 aliphatic carbocycles. The van der Waals surface area contributed by atoms with Gasteiger partial charge in [0.15, 0.2) is 0 Å². The van der Waals surface area contributed by atoms with Crippen LogP contribution in [0.3, 0.4) is 0 Å². The third-order valence-electron chi connectivity index (χ3n) is 2.82. The van der Waals surface area contributed by atoms with Crippen molar-refractivity contribution in [1.82, 2.24) is 10.3 Å². The van der Waals surface area contributed by atoms with Gasteiger partial charge in [0.1, 0.15) is 0 Å². The van der Waals surface area contributed by atoms with Gasteiger partial charge in [0, 0.05) is 18.1 Å². The number of amides is 1. The number of nitrogens with one attached hydrogen (secondary N) is 2. The van der Waals surface area contributed by atoms with Crippen LogP contribution in [0.15, 0.2) is 18.2 Å². The molecule has 0 radical (unpaired) electrons. The average Bonchev–Trinajstić information content (AvgIpc) is 2.54. The molecule has 1 aromatic carbocycles. The van der Waals surface area contributed by atoms with Gasteiger partial charge < -0.3 is 10.3 Å². The Morgan fingerprint density at radius 3 is 2.73 bits per heavy atom. The fourth-order valence-corrected chi connectivity index (χ4v) is 1.81. The highest BCUT2D eigenvalue weighted by atomic mass is 16.1. The molecule has 3 heteroatoms. The molecule has 0 saturated carbocycles. The molecule has 0 spiro atoms. The molecule has 1 aromatic heterocycles. The highest BCUT2D eigenvalue weighted by molar-refractivity contribution is 6.06. The first-order valence-electron chi connectivity index (χ1n) is 4.95. The zero-order valence-electron chi connectivity index (χ0n) is 9.14. The summed E-state index contributed by atoms with van der Waals surface area (Å²) in [5, 5.41) is 3.76. The van der Waals surface area contributed by atoms with Gasteiger partial charge in [0.25, 0.3) is 5.91 Å². The number of carbonyl (C=O) groups is 1. The molecule has 0 saturated heterocycles. The number of carbonyl (C=O) groups excluding carboxylic acids is 1. The van der Waals surface area contributed by atoms with Crippen molar-refractivity contribution in [3.05, 3.63) is 35.0 Å². The van der Waals surface area contributed by atoms with Gasteiger partial charge in [0.05, 0.1) is 11.1 Å². The lowest BCUT2D eigenvalue weighted by Crippen LogP contribution is -2.18. The van der Waals surface area contributed by atoms with E-state index in [-0.39, 0.29) is 5.91 Å². The van der Waals surface area contributed by atoms with E-state index >= 15 is 0 Å². The molecule has 15 heavy (non-hydrogen) atoms. The lowest BCUT2D eigenvalue weighted by molar-refractivity contribution is 0.0964. The number of hydrogen-bond acceptors (Lipinski definition) is 1. The summed E-state index contributed by atoms with van der Waals surface area (Å²) in [4.78, 5) is 14.9. The minimum Gasteiger partial charge on any atom is -0.358 e. The molecule has 0 fully saturated rings. The monoisotopic (exact) mass is 202 g/mol. The number of fused-ring (bicyclic) bond motifs is 1. The van der Waals surface area contributed by atoms with Crippen LogP contribution in [0, 0.1) is 13.8 Å². The van der Waals surface area contributed by atoms with Crippen LogP contribution >= 0.6 is 0 Å². The van der Waals surface area contributed by atoms with Crippen molar-refractivity contribution >= 4 is 16.8 Å². The Morgan fingerprint density at radius 1 is 1.33 bits per heavy atom. The van der Waals surface area contributed by atoms with Crippen LogP contribution in [-0.2, 0) is 0 Å². The van der Waals surface area contributed by atoms with E-state index in [1.165, 1.54) is 5.56 Å². The van der Waals surface area contributed by atoms with Gasteiger partial charge >= 0.3 is 0 Å². The average molecular weight is 202 g/mol. The predicted octanol–water partition coefficient (Wildman–Crippen LogP) is 2.14. The summed E-state index contributed by atoms with van der Waals surface area (Å²) in [6.45, 7) is 4.07. The first kappa shape index (κ1) is 9.77. The van der Waals surface area contributed by atoms with E-state index < -0.39 is 0 Å². The molecule has 0 atom stereocenters. The number of aryl methyl sites for hydroxylation is 2. The van der Waals surface area contributed by atoms with E-state index in [0.29, 0.717) is 5.56 Å². The zero-order chi connectivity index (χ0) is 11.0. The zero-order valence-corrected chi connectivity index (χ0v) is 9.14. The number of aromatic nitrogens is 1. The Morgan fingerprint density at radius 2 is 2.07 bits per heavy atom. The van der Waals surface area contributed by atoms with Crippen LogP contribution in [0.2, 0.25) is 0 Å². The lowest BCUT2D eigenvalue weighted by atomic mass is 10.1. The van der Waals surface area contributed by atoms with E-state index in [2.05, 4.69) is 17.2 Å². The molecule has 3 nitrogen and oxygen atoms in total. The SMILES string of the molecule is CNC(=O)c1cccc2c(C)c(C)[nH]c12. The van der Waals surface area contributed by atoms with Gasteiger partial charge in [-0.2, -0.15) is 0 Å². The van der Waals surface area contributed by atoms with E-state index in [1.54, 1.807) is 7.05 Å². The maximum atomic E-state index is 11.6. The van der Waals surface area contributed by atoms with Crippen LogP contribution in [-0.4, -0.2) is 17.9 Å². The van der Waals surface area contributed by atoms with Crippen molar-refractivity contribution in [3.63, 3.8) is 0 Å². The van der Waals surface area contributed by atoms with Gasteiger partial charge in [-0.25, -0.2) is 0 Å². The number of para-hydroxylation sites is 1. The number of H-pyrrole nitrogens is 1. The maximum Gasteiger partial charge on any atom is 0.253 e. The Balaban J connectivity index is 2.77. The van der Waals surface area contributed by atoms with Crippen molar-refractivity contribution in [1.29, 1.82) is 0 Å².